The van der Waals surface area contributed by atoms with E-state index in [4.69, 9.17) is 4.74 Å². The van der Waals surface area contributed by atoms with Crippen molar-refractivity contribution in [1.29, 1.82) is 0 Å². The maximum atomic E-state index is 12.7. The van der Waals surface area contributed by atoms with Crippen LogP contribution in [-0.2, 0) is 16.0 Å². The lowest BCUT2D eigenvalue weighted by atomic mass is 10.1. The van der Waals surface area contributed by atoms with E-state index in [0.29, 0.717) is 18.7 Å². The number of carbonyl (C=O) groups excluding carboxylic acids is 2. The Labute approximate surface area is 146 Å². The smallest absolute Gasteiger partial charge is 0.242 e. The number of nitrogens with one attached hydrogen (secondary N) is 1. The molecule has 130 valence electrons. The number of benzene rings is 1. The average molecular weight is 339 g/mol. The lowest BCUT2D eigenvalue weighted by Crippen LogP contribution is -2.45. The van der Waals surface area contributed by atoms with Crippen molar-refractivity contribution in [1.82, 2.24) is 15.2 Å². The zero-order valence-electron chi connectivity index (χ0n) is 14.1. The quantitative estimate of drug-likeness (QED) is 0.894. The van der Waals surface area contributed by atoms with Crippen LogP contribution in [0, 0.1) is 0 Å². The monoisotopic (exact) mass is 339 g/mol. The number of ether oxygens (including phenoxy) is 1. The van der Waals surface area contributed by atoms with Crippen LogP contribution in [0.15, 0.2) is 54.9 Å². The first-order chi connectivity index (χ1) is 12.2. The van der Waals surface area contributed by atoms with Crippen molar-refractivity contribution in [2.75, 3.05) is 13.6 Å². The van der Waals surface area contributed by atoms with Crippen LogP contribution >= 0.6 is 0 Å². The van der Waals surface area contributed by atoms with Crippen LogP contribution in [0.2, 0.25) is 0 Å². The maximum Gasteiger partial charge on any atom is 0.242 e. The molecule has 1 aliphatic rings. The molecule has 1 aromatic carbocycles. The van der Waals surface area contributed by atoms with Crippen LogP contribution in [-0.4, -0.2) is 47.4 Å². The van der Waals surface area contributed by atoms with Gasteiger partial charge in [0.2, 0.25) is 11.8 Å². The fraction of sp³-hybridized carbons (Fsp3) is 0.316. The zero-order chi connectivity index (χ0) is 17.6. The van der Waals surface area contributed by atoms with Crippen molar-refractivity contribution in [2.24, 2.45) is 0 Å². The van der Waals surface area contributed by atoms with E-state index in [2.05, 4.69) is 10.3 Å². The predicted molar refractivity (Wildman–Crippen MR) is 93.0 cm³/mol. The van der Waals surface area contributed by atoms with Crippen molar-refractivity contribution in [2.45, 2.75) is 25.0 Å². The summed E-state index contributed by atoms with van der Waals surface area (Å²) in [5.74, 6) is 0.399. The molecule has 2 aromatic rings. The van der Waals surface area contributed by atoms with Gasteiger partial charge in [0, 0.05) is 19.7 Å². The second-order valence-electron chi connectivity index (χ2n) is 6.00. The minimum absolute atomic E-state index is 0.0721. The molecular weight excluding hydrogens is 318 g/mol. The van der Waals surface area contributed by atoms with Gasteiger partial charge in [0.05, 0.1) is 19.2 Å². The summed E-state index contributed by atoms with van der Waals surface area (Å²) in [7, 11) is 1.58. The van der Waals surface area contributed by atoms with Crippen molar-refractivity contribution in [3.63, 3.8) is 0 Å². The van der Waals surface area contributed by atoms with Gasteiger partial charge in [-0.15, -0.1) is 0 Å². The van der Waals surface area contributed by atoms with E-state index in [1.54, 1.807) is 30.4 Å². The van der Waals surface area contributed by atoms with E-state index >= 15 is 0 Å². The number of pyridine rings is 1. The molecule has 1 fully saturated rings. The SMILES string of the molecule is CNC(=O)[C@H]1C[C@H](Oc2cccnc2)CN1C(=O)Cc1ccccc1. The van der Waals surface area contributed by atoms with Crippen molar-refractivity contribution >= 4 is 11.8 Å². The van der Waals surface area contributed by atoms with Crippen LogP contribution < -0.4 is 10.1 Å². The molecule has 0 radical (unpaired) electrons. The molecule has 0 saturated carbocycles. The number of amides is 2. The molecule has 1 N–H and O–H groups in total. The van der Waals surface area contributed by atoms with E-state index in [0.717, 1.165) is 5.56 Å². The normalized spacial score (nSPS) is 19.5. The molecule has 6 heteroatoms. The van der Waals surface area contributed by atoms with Gasteiger partial charge in [-0.2, -0.15) is 0 Å². The molecule has 2 atom stereocenters. The minimum atomic E-state index is -0.511. The Hall–Kier alpha value is -2.89. The van der Waals surface area contributed by atoms with Gasteiger partial charge in [-0.3, -0.25) is 14.6 Å². The molecule has 6 nitrogen and oxygen atoms in total. The number of hydrogen-bond acceptors (Lipinski definition) is 4. The molecule has 1 saturated heterocycles. The van der Waals surface area contributed by atoms with E-state index in [1.165, 1.54) is 0 Å². The molecule has 0 aliphatic carbocycles. The number of hydrogen-bond donors (Lipinski definition) is 1. The first kappa shape index (κ1) is 17.0. The molecular formula is C19H21N3O3. The van der Waals surface area contributed by atoms with Gasteiger partial charge in [-0.05, 0) is 17.7 Å². The number of likely N-dealkylation sites (N-methyl/N-ethyl adjacent to an activating group) is 1. The van der Waals surface area contributed by atoms with Gasteiger partial charge in [0.25, 0.3) is 0 Å². The fourth-order valence-electron chi connectivity index (χ4n) is 3.05. The Morgan fingerprint density at radius 3 is 2.72 bits per heavy atom. The highest BCUT2D eigenvalue weighted by Gasteiger charge is 2.40. The summed E-state index contributed by atoms with van der Waals surface area (Å²) in [5.41, 5.74) is 0.930. The minimum Gasteiger partial charge on any atom is -0.487 e. The third-order valence-electron chi connectivity index (χ3n) is 4.27. The maximum absolute atomic E-state index is 12.7. The summed E-state index contributed by atoms with van der Waals surface area (Å²) >= 11 is 0. The van der Waals surface area contributed by atoms with Crippen LogP contribution in [0.25, 0.3) is 0 Å². The largest absolute Gasteiger partial charge is 0.487 e. The summed E-state index contributed by atoms with van der Waals surface area (Å²) in [6.07, 6.45) is 3.81. The van der Waals surface area contributed by atoms with E-state index in [1.807, 2.05) is 36.4 Å². The van der Waals surface area contributed by atoms with Crippen molar-refractivity contribution in [3.8, 4) is 5.75 Å². The molecule has 1 aliphatic heterocycles. The van der Waals surface area contributed by atoms with E-state index in [9.17, 15) is 9.59 Å². The Bertz CT molecular complexity index is 721. The van der Waals surface area contributed by atoms with Gasteiger partial charge >= 0.3 is 0 Å². The van der Waals surface area contributed by atoms with Gasteiger partial charge in [0.15, 0.2) is 0 Å². The van der Waals surface area contributed by atoms with Gasteiger partial charge in [0.1, 0.15) is 17.9 Å². The average Bonchev–Trinajstić information content (AvgIpc) is 3.07. The lowest BCUT2D eigenvalue weighted by Gasteiger charge is -2.23. The second-order valence-corrected chi connectivity index (χ2v) is 6.00. The van der Waals surface area contributed by atoms with E-state index in [-0.39, 0.29) is 24.3 Å². The summed E-state index contributed by atoms with van der Waals surface area (Å²) in [6.45, 7) is 0.388. The fourth-order valence-corrected chi connectivity index (χ4v) is 3.05. The van der Waals surface area contributed by atoms with Gasteiger partial charge < -0.3 is 15.0 Å². The number of likely N-dealkylation sites (tertiary alicyclic amines) is 1. The predicted octanol–water partition coefficient (Wildman–Crippen LogP) is 1.42. The highest BCUT2D eigenvalue weighted by Crippen LogP contribution is 2.24. The molecule has 2 amide bonds. The molecule has 2 heterocycles. The van der Waals surface area contributed by atoms with Crippen molar-refractivity contribution in [3.05, 3.63) is 60.4 Å². The third kappa shape index (κ3) is 4.15. The lowest BCUT2D eigenvalue weighted by molar-refractivity contribution is -0.137. The van der Waals surface area contributed by atoms with Crippen LogP contribution in [0.3, 0.4) is 0 Å². The highest BCUT2D eigenvalue weighted by molar-refractivity contribution is 5.89. The van der Waals surface area contributed by atoms with E-state index < -0.39 is 6.04 Å². The first-order valence-corrected chi connectivity index (χ1v) is 8.29. The third-order valence-corrected chi connectivity index (χ3v) is 4.27. The number of aromatic nitrogens is 1. The summed E-state index contributed by atoms with van der Waals surface area (Å²) in [4.78, 5) is 30.6. The molecule has 0 unspecified atom stereocenters. The second kappa shape index (κ2) is 7.79. The molecule has 1 aromatic heterocycles. The topological polar surface area (TPSA) is 71.5 Å². The number of rotatable bonds is 5. The summed E-state index contributed by atoms with van der Waals surface area (Å²) in [5, 5.41) is 2.64. The Morgan fingerprint density at radius 1 is 1.24 bits per heavy atom. The Balaban J connectivity index is 1.71. The Morgan fingerprint density at radius 2 is 2.04 bits per heavy atom. The first-order valence-electron chi connectivity index (χ1n) is 8.29. The van der Waals surface area contributed by atoms with Crippen LogP contribution in [0.4, 0.5) is 0 Å². The molecule has 0 bridgehead atoms. The van der Waals surface area contributed by atoms with Gasteiger partial charge in [-0.1, -0.05) is 30.3 Å². The Kier molecular flexibility index (Phi) is 5.28. The standard InChI is InChI=1S/C19H21N3O3/c1-20-19(24)17-11-16(25-15-8-5-9-21-12-15)13-22(17)18(23)10-14-6-3-2-4-7-14/h2-9,12,16-17H,10-11,13H2,1H3,(H,20,24)/t16-,17+/m0/s1. The van der Waals surface area contributed by atoms with Crippen LogP contribution in [0.5, 0.6) is 5.75 Å². The molecule has 3 rings (SSSR count). The highest BCUT2D eigenvalue weighted by atomic mass is 16.5. The summed E-state index contributed by atoms with van der Waals surface area (Å²) < 4.78 is 5.89. The molecule has 25 heavy (non-hydrogen) atoms. The zero-order valence-corrected chi connectivity index (χ0v) is 14.1. The van der Waals surface area contributed by atoms with Crippen LogP contribution in [0.1, 0.15) is 12.0 Å². The van der Waals surface area contributed by atoms with Crippen molar-refractivity contribution < 1.29 is 14.3 Å². The van der Waals surface area contributed by atoms with Gasteiger partial charge in [-0.25, -0.2) is 0 Å². The molecule has 0 spiro atoms. The number of nitrogens with zero attached hydrogens (tertiary/aromatic N) is 2. The summed E-state index contributed by atoms with van der Waals surface area (Å²) in [6, 6.07) is 12.6. The number of carbonyl (C=O) groups is 2.